The number of ether oxygens (including phenoxy) is 1. The van der Waals surface area contributed by atoms with Crippen LogP contribution in [-0.2, 0) is 11.3 Å². The molecule has 1 atom stereocenters. The van der Waals surface area contributed by atoms with Crippen LogP contribution in [0.15, 0.2) is 54.0 Å². The first-order valence-corrected chi connectivity index (χ1v) is 8.71. The number of aliphatic hydroxyl groups is 1. The highest BCUT2D eigenvalue weighted by Gasteiger charge is 2.13. The molecule has 0 spiro atoms. The second kappa shape index (κ2) is 8.21. The fourth-order valence-electron chi connectivity index (χ4n) is 2.50. The maximum atomic E-state index is 9.76. The number of para-hydroxylation sites is 1. The Morgan fingerprint density at radius 1 is 1.25 bits per heavy atom. The summed E-state index contributed by atoms with van der Waals surface area (Å²) in [5, 5.41) is 19.8. The van der Waals surface area contributed by atoms with Gasteiger partial charge in [0, 0.05) is 32.0 Å². The lowest BCUT2D eigenvalue weighted by Crippen LogP contribution is -2.29. The monoisotopic (exact) mass is 343 g/mol. The van der Waals surface area contributed by atoms with Crippen molar-refractivity contribution in [2.45, 2.75) is 12.6 Å². The third kappa shape index (κ3) is 4.10. The van der Waals surface area contributed by atoms with Crippen molar-refractivity contribution >= 4 is 11.3 Å². The molecule has 2 N–H and O–H groups in total. The summed E-state index contributed by atoms with van der Waals surface area (Å²) in [6.07, 6.45) is 1.53. The van der Waals surface area contributed by atoms with E-state index in [0.717, 1.165) is 21.8 Å². The summed E-state index contributed by atoms with van der Waals surface area (Å²) >= 11 is 1.67. The van der Waals surface area contributed by atoms with E-state index in [2.05, 4.69) is 16.8 Å². The first-order valence-electron chi connectivity index (χ1n) is 7.83. The zero-order chi connectivity index (χ0) is 16.8. The maximum Gasteiger partial charge on any atom is 0.107 e. The SMILES string of the molecule is COCC(O)CNCc1cn(-c2ccccc2)nc1-c1cccs1. The van der Waals surface area contributed by atoms with Crippen LogP contribution in [0.2, 0.25) is 0 Å². The molecule has 126 valence electrons. The molecule has 6 heteroatoms. The molecule has 24 heavy (non-hydrogen) atoms. The van der Waals surface area contributed by atoms with Gasteiger partial charge in [0.15, 0.2) is 0 Å². The van der Waals surface area contributed by atoms with Gasteiger partial charge in [-0.2, -0.15) is 5.10 Å². The number of thiophene rings is 1. The summed E-state index contributed by atoms with van der Waals surface area (Å²) in [5.41, 5.74) is 3.11. The van der Waals surface area contributed by atoms with E-state index < -0.39 is 6.10 Å². The van der Waals surface area contributed by atoms with Crippen molar-refractivity contribution in [1.82, 2.24) is 15.1 Å². The minimum absolute atomic E-state index is 0.327. The number of hydrogen-bond acceptors (Lipinski definition) is 5. The largest absolute Gasteiger partial charge is 0.389 e. The van der Waals surface area contributed by atoms with E-state index in [9.17, 15) is 5.11 Å². The molecule has 0 aliphatic heterocycles. The Hall–Kier alpha value is -1.99. The summed E-state index contributed by atoms with van der Waals surface area (Å²) in [7, 11) is 1.59. The predicted octanol–water partition coefficient (Wildman–Crippen LogP) is 2.70. The molecule has 1 aromatic carbocycles. The Bertz CT molecular complexity index is 741. The molecule has 1 unspecified atom stereocenters. The number of rotatable bonds is 8. The highest BCUT2D eigenvalue weighted by molar-refractivity contribution is 7.13. The summed E-state index contributed by atoms with van der Waals surface area (Å²) in [4.78, 5) is 1.14. The van der Waals surface area contributed by atoms with Crippen LogP contribution in [0, 0.1) is 0 Å². The van der Waals surface area contributed by atoms with Gasteiger partial charge in [0.25, 0.3) is 0 Å². The predicted molar refractivity (Wildman–Crippen MR) is 96.5 cm³/mol. The number of nitrogens with one attached hydrogen (secondary N) is 1. The van der Waals surface area contributed by atoms with Crippen LogP contribution in [-0.4, -0.2) is 41.3 Å². The normalized spacial score (nSPS) is 12.4. The van der Waals surface area contributed by atoms with Gasteiger partial charge in [0.2, 0.25) is 0 Å². The van der Waals surface area contributed by atoms with Crippen LogP contribution < -0.4 is 5.32 Å². The molecule has 3 aromatic rings. The molecule has 0 bridgehead atoms. The standard InChI is InChI=1S/C18H21N3O2S/c1-23-13-16(22)11-19-10-14-12-21(15-6-3-2-4-7-15)20-18(14)17-8-5-9-24-17/h2-9,12,16,19,22H,10-11,13H2,1H3. The Kier molecular flexibility index (Phi) is 5.77. The molecule has 0 amide bonds. The average molecular weight is 343 g/mol. The fraction of sp³-hybridized carbons (Fsp3) is 0.278. The first kappa shape index (κ1) is 16.9. The highest BCUT2D eigenvalue weighted by Crippen LogP contribution is 2.27. The smallest absolute Gasteiger partial charge is 0.107 e. The molecular formula is C18H21N3O2S. The molecule has 0 fully saturated rings. The molecule has 2 aromatic heterocycles. The Morgan fingerprint density at radius 2 is 2.08 bits per heavy atom. The molecule has 5 nitrogen and oxygen atoms in total. The van der Waals surface area contributed by atoms with Crippen LogP contribution in [0.3, 0.4) is 0 Å². The zero-order valence-corrected chi connectivity index (χ0v) is 14.4. The topological polar surface area (TPSA) is 59.3 Å². The number of benzene rings is 1. The van der Waals surface area contributed by atoms with Gasteiger partial charge in [-0.1, -0.05) is 24.3 Å². The van der Waals surface area contributed by atoms with E-state index in [1.165, 1.54) is 0 Å². The molecule has 0 saturated carbocycles. The van der Waals surface area contributed by atoms with E-state index >= 15 is 0 Å². The minimum Gasteiger partial charge on any atom is -0.389 e. The van der Waals surface area contributed by atoms with Crippen LogP contribution in [0.4, 0.5) is 0 Å². The molecule has 0 saturated heterocycles. The highest BCUT2D eigenvalue weighted by atomic mass is 32.1. The van der Waals surface area contributed by atoms with Gasteiger partial charge in [-0.15, -0.1) is 11.3 Å². The Balaban J connectivity index is 1.80. The van der Waals surface area contributed by atoms with Crippen LogP contribution in [0.25, 0.3) is 16.3 Å². The third-order valence-corrected chi connectivity index (χ3v) is 4.50. The summed E-state index contributed by atoms with van der Waals surface area (Å²) < 4.78 is 6.85. The lowest BCUT2D eigenvalue weighted by atomic mass is 10.2. The van der Waals surface area contributed by atoms with E-state index in [0.29, 0.717) is 19.7 Å². The lowest BCUT2D eigenvalue weighted by molar-refractivity contribution is 0.0644. The van der Waals surface area contributed by atoms with E-state index in [-0.39, 0.29) is 0 Å². The van der Waals surface area contributed by atoms with Gasteiger partial charge in [-0.3, -0.25) is 0 Å². The summed E-state index contributed by atoms with van der Waals surface area (Å²) in [5.74, 6) is 0. The van der Waals surface area contributed by atoms with Crippen molar-refractivity contribution in [2.75, 3.05) is 20.3 Å². The molecule has 0 radical (unpaired) electrons. The molecule has 3 rings (SSSR count). The number of aromatic nitrogens is 2. The van der Waals surface area contributed by atoms with Crippen LogP contribution in [0.1, 0.15) is 5.56 Å². The van der Waals surface area contributed by atoms with Gasteiger partial charge in [0.1, 0.15) is 5.69 Å². The summed E-state index contributed by atoms with van der Waals surface area (Å²) in [6, 6.07) is 14.2. The number of methoxy groups -OCH3 is 1. The van der Waals surface area contributed by atoms with Crippen molar-refractivity contribution in [1.29, 1.82) is 0 Å². The lowest BCUT2D eigenvalue weighted by Gasteiger charge is -2.10. The second-order valence-electron chi connectivity index (χ2n) is 5.50. The van der Waals surface area contributed by atoms with Crippen molar-refractivity contribution in [3.05, 3.63) is 59.6 Å². The second-order valence-corrected chi connectivity index (χ2v) is 6.45. The molecule has 0 aliphatic rings. The van der Waals surface area contributed by atoms with Crippen molar-refractivity contribution < 1.29 is 9.84 Å². The Morgan fingerprint density at radius 3 is 2.79 bits per heavy atom. The number of hydrogen-bond donors (Lipinski definition) is 2. The van der Waals surface area contributed by atoms with E-state index in [1.807, 2.05) is 47.3 Å². The van der Waals surface area contributed by atoms with Gasteiger partial charge in [0.05, 0.1) is 23.3 Å². The first-order chi connectivity index (χ1) is 11.8. The van der Waals surface area contributed by atoms with E-state index in [4.69, 9.17) is 9.84 Å². The molecule has 2 heterocycles. The van der Waals surface area contributed by atoms with Crippen molar-refractivity contribution in [3.63, 3.8) is 0 Å². The quantitative estimate of drug-likeness (QED) is 0.660. The van der Waals surface area contributed by atoms with Crippen LogP contribution >= 0.6 is 11.3 Å². The van der Waals surface area contributed by atoms with Gasteiger partial charge in [-0.25, -0.2) is 4.68 Å². The fourth-order valence-corrected chi connectivity index (χ4v) is 3.24. The third-order valence-electron chi connectivity index (χ3n) is 3.62. The van der Waals surface area contributed by atoms with Crippen LogP contribution in [0.5, 0.6) is 0 Å². The minimum atomic E-state index is -0.510. The molecule has 0 aliphatic carbocycles. The zero-order valence-electron chi connectivity index (χ0n) is 13.6. The molecular weight excluding hydrogens is 322 g/mol. The van der Waals surface area contributed by atoms with Crippen molar-refractivity contribution in [3.8, 4) is 16.3 Å². The summed E-state index contributed by atoms with van der Waals surface area (Å²) in [6.45, 7) is 1.45. The average Bonchev–Trinajstić information content (AvgIpc) is 3.25. The van der Waals surface area contributed by atoms with E-state index in [1.54, 1.807) is 18.4 Å². The van der Waals surface area contributed by atoms with Gasteiger partial charge in [-0.05, 0) is 23.6 Å². The Labute approximate surface area is 145 Å². The maximum absolute atomic E-state index is 9.76. The van der Waals surface area contributed by atoms with Gasteiger partial charge < -0.3 is 15.2 Å². The van der Waals surface area contributed by atoms with Gasteiger partial charge >= 0.3 is 0 Å². The number of nitrogens with zero attached hydrogens (tertiary/aromatic N) is 2. The van der Waals surface area contributed by atoms with Crippen molar-refractivity contribution in [2.24, 2.45) is 0 Å². The number of aliphatic hydroxyl groups excluding tert-OH is 1.